The number of halogens is 1. The van der Waals surface area contributed by atoms with E-state index < -0.39 is 0 Å². The van der Waals surface area contributed by atoms with Crippen molar-refractivity contribution >= 4 is 35.2 Å². The fraction of sp³-hybridized carbons (Fsp3) is 0.444. The Morgan fingerprint density at radius 1 is 1.29 bits per heavy atom. The summed E-state index contributed by atoms with van der Waals surface area (Å²) in [6, 6.07) is 8.24. The van der Waals surface area contributed by atoms with E-state index >= 15 is 0 Å². The van der Waals surface area contributed by atoms with Crippen molar-refractivity contribution in [3.8, 4) is 0 Å². The lowest BCUT2D eigenvalue weighted by Gasteiger charge is -2.04. The molecule has 0 saturated heterocycles. The molecule has 0 aliphatic heterocycles. The largest absolute Gasteiger partial charge is 0.395 e. The molecule has 0 saturated carbocycles. The van der Waals surface area contributed by atoms with E-state index in [1.54, 1.807) is 6.92 Å². The highest BCUT2D eigenvalue weighted by Gasteiger charge is 2.13. The van der Waals surface area contributed by atoms with Crippen LogP contribution in [0.4, 0.5) is 5.69 Å². The summed E-state index contributed by atoms with van der Waals surface area (Å²) in [5.74, 6) is 0.0375. The standard InChI is InChI=1S/C18H24N2O2S.ClH/c1-4-5-6-15-7-9-16(10-8-15)19-18-20(11-12-21)13(2)17(23-18)14(3)22;/h7-10,21H,4-6,11-12H2,1-3H3;1H. The normalized spacial score (nSPS) is 11.4. The van der Waals surface area contributed by atoms with E-state index in [-0.39, 0.29) is 24.8 Å². The first kappa shape index (κ1) is 20.6. The molecule has 6 heteroatoms. The molecular formula is C18H25ClN2O2S. The van der Waals surface area contributed by atoms with Gasteiger partial charge in [-0.2, -0.15) is 0 Å². The number of ketones is 1. The third-order valence-electron chi connectivity index (χ3n) is 3.78. The molecule has 1 aromatic heterocycles. The fourth-order valence-electron chi connectivity index (χ4n) is 2.49. The first-order valence-corrected chi connectivity index (χ1v) is 8.84. The number of aromatic nitrogens is 1. The number of thiazole rings is 1. The van der Waals surface area contributed by atoms with Gasteiger partial charge in [-0.15, -0.1) is 12.4 Å². The van der Waals surface area contributed by atoms with Gasteiger partial charge in [0.1, 0.15) is 0 Å². The average Bonchev–Trinajstić information content (AvgIpc) is 2.84. The maximum Gasteiger partial charge on any atom is 0.190 e. The summed E-state index contributed by atoms with van der Waals surface area (Å²) in [5.41, 5.74) is 3.06. The van der Waals surface area contributed by atoms with Crippen molar-refractivity contribution in [2.75, 3.05) is 6.61 Å². The van der Waals surface area contributed by atoms with Gasteiger partial charge in [-0.3, -0.25) is 4.79 Å². The van der Waals surface area contributed by atoms with Crippen LogP contribution in [0.15, 0.2) is 29.3 Å². The molecule has 1 aromatic carbocycles. The zero-order chi connectivity index (χ0) is 16.8. The smallest absolute Gasteiger partial charge is 0.190 e. The number of carbonyl (C=O) groups excluding carboxylic acids is 1. The monoisotopic (exact) mass is 368 g/mol. The Morgan fingerprint density at radius 3 is 2.50 bits per heavy atom. The minimum Gasteiger partial charge on any atom is -0.395 e. The lowest BCUT2D eigenvalue weighted by Crippen LogP contribution is -2.18. The number of unbranched alkanes of at least 4 members (excludes halogenated alkanes) is 1. The van der Waals surface area contributed by atoms with Gasteiger partial charge in [0, 0.05) is 19.2 Å². The molecule has 132 valence electrons. The molecule has 0 aliphatic carbocycles. The second kappa shape index (κ2) is 9.77. The number of hydrogen-bond donors (Lipinski definition) is 1. The SMILES string of the molecule is CCCCc1ccc(N=c2sc(C(C)=O)c(C)n2CCO)cc1.Cl. The van der Waals surface area contributed by atoms with Gasteiger partial charge in [0.25, 0.3) is 0 Å². The second-order valence-electron chi connectivity index (χ2n) is 5.61. The summed E-state index contributed by atoms with van der Waals surface area (Å²) < 4.78 is 1.91. The van der Waals surface area contributed by atoms with E-state index in [0.717, 1.165) is 22.6 Å². The first-order valence-electron chi connectivity index (χ1n) is 8.02. The van der Waals surface area contributed by atoms with Gasteiger partial charge in [-0.25, -0.2) is 4.99 Å². The number of aliphatic hydroxyl groups excluding tert-OH is 1. The Balaban J connectivity index is 0.00000288. The van der Waals surface area contributed by atoms with Crippen LogP contribution >= 0.6 is 23.7 Å². The average molecular weight is 369 g/mol. The van der Waals surface area contributed by atoms with Crippen LogP contribution in [0.2, 0.25) is 0 Å². The number of nitrogens with zero attached hydrogens (tertiary/aromatic N) is 2. The molecule has 0 amide bonds. The molecule has 2 rings (SSSR count). The third kappa shape index (κ3) is 5.03. The molecule has 0 aliphatic rings. The summed E-state index contributed by atoms with van der Waals surface area (Å²) in [5, 5.41) is 9.26. The quantitative estimate of drug-likeness (QED) is 0.749. The molecular weight excluding hydrogens is 344 g/mol. The summed E-state index contributed by atoms with van der Waals surface area (Å²) in [4.78, 5) is 17.8. The Labute approximate surface area is 153 Å². The van der Waals surface area contributed by atoms with Gasteiger partial charge in [-0.1, -0.05) is 36.8 Å². The van der Waals surface area contributed by atoms with E-state index in [1.165, 1.54) is 29.7 Å². The number of carbonyl (C=O) groups is 1. The van der Waals surface area contributed by atoms with Gasteiger partial charge < -0.3 is 9.67 Å². The van der Waals surface area contributed by atoms with E-state index in [1.807, 2.05) is 23.6 Å². The van der Waals surface area contributed by atoms with Crippen molar-refractivity contribution in [1.29, 1.82) is 0 Å². The Morgan fingerprint density at radius 2 is 1.96 bits per heavy atom. The van der Waals surface area contributed by atoms with Crippen LogP contribution in [0, 0.1) is 6.92 Å². The minimum atomic E-state index is 0. The first-order chi connectivity index (χ1) is 11.1. The molecule has 0 atom stereocenters. The summed E-state index contributed by atoms with van der Waals surface area (Å²) >= 11 is 1.38. The van der Waals surface area contributed by atoms with Crippen molar-refractivity contribution in [3.05, 3.63) is 45.2 Å². The highest BCUT2D eigenvalue weighted by Crippen LogP contribution is 2.17. The Bertz CT molecular complexity index is 732. The van der Waals surface area contributed by atoms with Crippen LogP contribution in [0.3, 0.4) is 0 Å². The number of rotatable bonds is 7. The van der Waals surface area contributed by atoms with Gasteiger partial charge >= 0.3 is 0 Å². The van der Waals surface area contributed by atoms with Crippen molar-refractivity contribution in [2.24, 2.45) is 4.99 Å². The third-order valence-corrected chi connectivity index (χ3v) is 5.06. The molecule has 2 aromatic rings. The number of hydrogen-bond acceptors (Lipinski definition) is 4. The number of aliphatic hydroxyl groups is 1. The number of aryl methyl sites for hydroxylation is 1. The predicted molar refractivity (Wildman–Crippen MR) is 102 cm³/mol. The molecule has 4 nitrogen and oxygen atoms in total. The van der Waals surface area contributed by atoms with Gasteiger partial charge in [0.2, 0.25) is 0 Å². The van der Waals surface area contributed by atoms with Crippen LogP contribution in [-0.2, 0) is 13.0 Å². The highest BCUT2D eigenvalue weighted by molar-refractivity contribution is 7.11. The second-order valence-corrected chi connectivity index (χ2v) is 6.59. The maximum absolute atomic E-state index is 11.7. The van der Waals surface area contributed by atoms with Crippen LogP contribution in [-0.4, -0.2) is 22.1 Å². The van der Waals surface area contributed by atoms with E-state index in [0.29, 0.717) is 11.4 Å². The molecule has 0 bridgehead atoms. The number of benzene rings is 1. The molecule has 1 heterocycles. The lowest BCUT2D eigenvalue weighted by molar-refractivity contribution is 0.102. The molecule has 0 radical (unpaired) electrons. The van der Waals surface area contributed by atoms with E-state index in [4.69, 9.17) is 0 Å². The topological polar surface area (TPSA) is 54.6 Å². The lowest BCUT2D eigenvalue weighted by atomic mass is 10.1. The van der Waals surface area contributed by atoms with Crippen LogP contribution in [0.5, 0.6) is 0 Å². The zero-order valence-electron chi connectivity index (χ0n) is 14.4. The van der Waals surface area contributed by atoms with Crippen molar-refractivity contribution < 1.29 is 9.90 Å². The summed E-state index contributed by atoms with van der Waals surface area (Å²) in [7, 11) is 0. The molecule has 0 spiro atoms. The van der Waals surface area contributed by atoms with Crippen LogP contribution in [0.1, 0.15) is 47.6 Å². The van der Waals surface area contributed by atoms with Crippen molar-refractivity contribution in [1.82, 2.24) is 4.57 Å². The minimum absolute atomic E-state index is 0. The predicted octanol–water partition coefficient (Wildman–Crippen LogP) is 4.05. The van der Waals surface area contributed by atoms with Gasteiger partial charge in [-0.05, 0) is 37.5 Å². The Hall–Kier alpha value is -1.43. The van der Waals surface area contributed by atoms with E-state index in [9.17, 15) is 9.90 Å². The molecule has 24 heavy (non-hydrogen) atoms. The van der Waals surface area contributed by atoms with E-state index in [2.05, 4.69) is 24.0 Å². The zero-order valence-corrected chi connectivity index (χ0v) is 16.0. The van der Waals surface area contributed by atoms with Crippen LogP contribution < -0.4 is 4.80 Å². The van der Waals surface area contributed by atoms with Gasteiger partial charge in [0.15, 0.2) is 10.6 Å². The van der Waals surface area contributed by atoms with Gasteiger partial charge in [0.05, 0.1) is 17.2 Å². The maximum atomic E-state index is 11.7. The van der Waals surface area contributed by atoms with Crippen molar-refractivity contribution in [2.45, 2.75) is 46.6 Å². The fourth-order valence-corrected chi connectivity index (χ4v) is 3.56. The molecule has 1 N–H and O–H groups in total. The molecule has 0 unspecified atom stereocenters. The summed E-state index contributed by atoms with van der Waals surface area (Å²) in [6.45, 7) is 6.13. The van der Waals surface area contributed by atoms with Crippen LogP contribution in [0.25, 0.3) is 0 Å². The number of Topliss-reactive ketones (excluding diaryl/α,β-unsaturated/α-hetero) is 1. The highest BCUT2D eigenvalue weighted by atomic mass is 35.5. The van der Waals surface area contributed by atoms with Crippen molar-refractivity contribution in [3.63, 3.8) is 0 Å². The molecule has 0 fully saturated rings. The summed E-state index contributed by atoms with van der Waals surface area (Å²) in [6.07, 6.45) is 3.47. The Kier molecular flexibility index (Phi) is 8.39.